The fourth-order valence-electron chi connectivity index (χ4n) is 3.42. The molecule has 204 valence electrons. The first-order valence-corrected chi connectivity index (χ1v) is 11.4. The highest BCUT2D eigenvalue weighted by Crippen LogP contribution is 2.28. The number of nitrogens with one attached hydrogen (secondary N) is 2. The minimum atomic E-state index is -1.21. The maximum absolute atomic E-state index is 11.9. The van der Waals surface area contributed by atoms with Gasteiger partial charge in [0.1, 0.15) is 18.8 Å². The summed E-state index contributed by atoms with van der Waals surface area (Å²) in [4.78, 5) is 69.0. The Labute approximate surface area is 208 Å². The second-order valence-corrected chi connectivity index (χ2v) is 8.04. The normalized spacial score (nSPS) is 23.2. The van der Waals surface area contributed by atoms with E-state index in [4.69, 9.17) is 28.8 Å². The smallest absolute Gasteiger partial charge is 0.305 e. The molecule has 36 heavy (non-hydrogen) atoms. The summed E-state index contributed by atoms with van der Waals surface area (Å²) < 4.78 is 27.3. The van der Waals surface area contributed by atoms with Crippen LogP contribution in [0.2, 0.25) is 0 Å². The zero-order valence-corrected chi connectivity index (χ0v) is 20.8. The van der Waals surface area contributed by atoms with Gasteiger partial charge < -0.3 is 39.4 Å². The molecule has 1 aliphatic heterocycles. The van der Waals surface area contributed by atoms with E-state index in [0.717, 1.165) is 13.8 Å². The van der Waals surface area contributed by atoms with Crippen LogP contribution in [-0.2, 0) is 52.5 Å². The monoisotopic (exact) mass is 518 g/mol. The Hall–Kier alpha value is -3.26. The lowest BCUT2D eigenvalue weighted by molar-refractivity contribution is -0.277. The first-order valence-electron chi connectivity index (χ1n) is 11.4. The fourth-order valence-corrected chi connectivity index (χ4v) is 3.42. The predicted octanol–water partition coefficient (Wildman–Crippen LogP) is -0.580. The van der Waals surface area contributed by atoms with Crippen LogP contribution in [-0.4, -0.2) is 91.2 Å². The van der Waals surface area contributed by atoms with Gasteiger partial charge in [-0.05, 0) is 12.8 Å². The second-order valence-electron chi connectivity index (χ2n) is 8.04. The van der Waals surface area contributed by atoms with E-state index in [1.165, 1.54) is 13.8 Å². The van der Waals surface area contributed by atoms with E-state index in [1.807, 2.05) is 0 Å². The van der Waals surface area contributed by atoms with Crippen LogP contribution >= 0.6 is 0 Å². The Balaban J connectivity index is 2.89. The molecular weight excluding hydrogens is 484 g/mol. The largest absolute Gasteiger partial charge is 0.481 e. The Morgan fingerprint density at radius 2 is 1.50 bits per heavy atom. The van der Waals surface area contributed by atoms with E-state index in [9.17, 15) is 28.8 Å². The Morgan fingerprint density at radius 3 is 2.06 bits per heavy atom. The number of carboxylic acid groups (broad SMARTS) is 1. The quantitative estimate of drug-likeness (QED) is 0.151. The summed E-state index contributed by atoms with van der Waals surface area (Å²) in [5.41, 5.74) is 0. The van der Waals surface area contributed by atoms with Crippen LogP contribution in [0.1, 0.15) is 53.4 Å². The first kappa shape index (κ1) is 30.8. The summed E-state index contributed by atoms with van der Waals surface area (Å²) in [6.45, 7) is 4.47. The molecule has 5 atom stereocenters. The molecule has 0 aromatic rings. The molecule has 14 heteroatoms. The zero-order valence-electron chi connectivity index (χ0n) is 20.8. The summed E-state index contributed by atoms with van der Waals surface area (Å²) in [6, 6.07) is -1.07. The summed E-state index contributed by atoms with van der Waals surface area (Å²) in [7, 11) is 0. The Bertz CT molecular complexity index is 802. The van der Waals surface area contributed by atoms with Crippen molar-refractivity contribution in [2.75, 3.05) is 19.8 Å². The number of rotatable bonds is 14. The molecule has 0 bridgehead atoms. The molecule has 0 saturated carbocycles. The maximum atomic E-state index is 11.9. The van der Waals surface area contributed by atoms with E-state index in [-0.39, 0.29) is 38.5 Å². The molecular formula is C22H34N2O12. The van der Waals surface area contributed by atoms with E-state index in [0.29, 0.717) is 12.8 Å². The van der Waals surface area contributed by atoms with Crippen LogP contribution in [0.5, 0.6) is 0 Å². The van der Waals surface area contributed by atoms with E-state index in [2.05, 4.69) is 10.6 Å². The molecule has 0 aromatic heterocycles. The molecule has 1 aliphatic rings. The number of carbonyl (C=O) groups is 6. The van der Waals surface area contributed by atoms with Gasteiger partial charge in [-0.15, -0.1) is 0 Å². The SMILES string of the molecule is CC(=O)N[C@H]1[C@H](OCCCCC(=O)NCCC(=O)O)O[C@H](COC(C)=O)[C@H](OC(C)=O)[C@@H]1OC(C)=O. The van der Waals surface area contributed by atoms with Crippen molar-refractivity contribution < 1.29 is 57.6 Å². The van der Waals surface area contributed by atoms with Crippen molar-refractivity contribution in [3.8, 4) is 0 Å². The van der Waals surface area contributed by atoms with Gasteiger partial charge in [-0.25, -0.2) is 0 Å². The number of carbonyl (C=O) groups excluding carboxylic acids is 5. The lowest BCUT2D eigenvalue weighted by atomic mass is 9.96. The molecule has 0 aromatic carbocycles. The first-order chi connectivity index (χ1) is 16.9. The molecule has 2 amide bonds. The summed E-state index contributed by atoms with van der Waals surface area (Å²) in [6.07, 6.45) is -3.89. The third-order valence-corrected chi connectivity index (χ3v) is 4.81. The average molecular weight is 519 g/mol. The summed E-state index contributed by atoms with van der Waals surface area (Å²) in [5.74, 6) is -3.86. The minimum Gasteiger partial charge on any atom is -0.481 e. The molecule has 1 saturated heterocycles. The highest BCUT2D eigenvalue weighted by atomic mass is 16.7. The lowest BCUT2D eigenvalue weighted by Gasteiger charge is -2.44. The number of hydrogen-bond donors (Lipinski definition) is 3. The molecule has 0 radical (unpaired) electrons. The van der Waals surface area contributed by atoms with Crippen LogP contribution in [0, 0.1) is 0 Å². The van der Waals surface area contributed by atoms with Gasteiger partial charge in [0.15, 0.2) is 18.5 Å². The molecule has 1 fully saturated rings. The van der Waals surface area contributed by atoms with Gasteiger partial charge in [-0.2, -0.15) is 0 Å². The molecule has 1 rings (SSSR count). The Kier molecular flexibility index (Phi) is 13.4. The van der Waals surface area contributed by atoms with Gasteiger partial charge in [0.05, 0.1) is 6.42 Å². The zero-order chi connectivity index (χ0) is 27.3. The highest BCUT2D eigenvalue weighted by Gasteiger charge is 2.51. The van der Waals surface area contributed by atoms with Gasteiger partial charge >= 0.3 is 23.9 Å². The molecule has 0 aliphatic carbocycles. The second kappa shape index (κ2) is 15.7. The average Bonchev–Trinajstić information content (AvgIpc) is 2.74. The molecule has 3 N–H and O–H groups in total. The topological polar surface area (TPSA) is 193 Å². The maximum Gasteiger partial charge on any atom is 0.305 e. The lowest BCUT2D eigenvalue weighted by Crippen LogP contribution is -2.66. The van der Waals surface area contributed by atoms with E-state index < -0.39 is 60.4 Å². The van der Waals surface area contributed by atoms with Gasteiger partial charge in [0.25, 0.3) is 0 Å². The number of aliphatic carboxylic acids is 1. The number of hydrogen-bond acceptors (Lipinski definition) is 11. The van der Waals surface area contributed by atoms with Gasteiger partial charge in [-0.3, -0.25) is 28.8 Å². The van der Waals surface area contributed by atoms with Crippen LogP contribution in [0.3, 0.4) is 0 Å². The molecule has 0 spiro atoms. The number of amides is 2. The van der Waals surface area contributed by atoms with Crippen LogP contribution in [0.25, 0.3) is 0 Å². The molecule has 0 unspecified atom stereocenters. The highest BCUT2D eigenvalue weighted by molar-refractivity contribution is 5.76. The van der Waals surface area contributed by atoms with E-state index >= 15 is 0 Å². The number of unbranched alkanes of at least 4 members (excludes halogenated alkanes) is 1. The predicted molar refractivity (Wildman–Crippen MR) is 119 cm³/mol. The van der Waals surface area contributed by atoms with E-state index in [1.54, 1.807) is 0 Å². The summed E-state index contributed by atoms with van der Waals surface area (Å²) >= 11 is 0. The molecule has 1 heterocycles. The minimum absolute atomic E-state index is 0.0315. The van der Waals surface area contributed by atoms with Crippen molar-refractivity contribution in [1.29, 1.82) is 0 Å². The van der Waals surface area contributed by atoms with Crippen molar-refractivity contribution >= 4 is 35.7 Å². The van der Waals surface area contributed by atoms with Crippen molar-refractivity contribution in [1.82, 2.24) is 10.6 Å². The summed E-state index contributed by atoms with van der Waals surface area (Å²) in [5, 5.41) is 13.7. The van der Waals surface area contributed by atoms with Crippen molar-refractivity contribution in [3.63, 3.8) is 0 Å². The number of carboxylic acids is 1. The third kappa shape index (κ3) is 11.9. The van der Waals surface area contributed by atoms with Gasteiger partial charge in [-0.1, -0.05) is 0 Å². The third-order valence-electron chi connectivity index (χ3n) is 4.81. The fraction of sp³-hybridized carbons (Fsp3) is 0.727. The molecule has 14 nitrogen and oxygen atoms in total. The van der Waals surface area contributed by atoms with Crippen LogP contribution in [0.15, 0.2) is 0 Å². The van der Waals surface area contributed by atoms with Crippen LogP contribution in [0.4, 0.5) is 0 Å². The van der Waals surface area contributed by atoms with Crippen LogP contribution < -0.4 is 10.6 Å². The van der Waals surface area contributed by atoms with Crippen molar-refractivity contribution in [2.24, 2.45) is 0 Å². The Morgan fingerprint density at radius 1 is 0.861 bits per heavy atom. The standard InChI is InChI=1S/C22H34N2O12/c1-12(25)24-19-21(35-15(4)28)20(34-14(3)27)16(11-33-13(2)26)36-22(19)32-10-6-5-7-17(29)23-9-8-18(30)31/h16,19-22H,5-11H2,1-4H3,(H,23,29)(H,24,25)(H,30,31)/t16-,19-,20+,21-,22-/m1/s1. The number of ether oxygens (including phenoxy) is 5. The van der Waals surface area contributed by atoms with Crippen molar-refractivity contribution in [2.45, 2.75) is 84.0 Å². The number of esters is 3. The van der Waals surface area contributed by atoms with Gasteiger partial charge in [0.2, 0.25) is 11.8 Å². The van der Waals surface area contributed by atoms with Crippen molar-refractivity contribution in [3.05, 3.63) is 0 Å². The van der Waals surface area contributed by atoms with Gasteiger partial charge in [0, 0.05) is 47.3 Å².